The van der Waals surface area contributed by atoms with E-state index in [-0.39, 0.29) is 38.2 Å². The van der Waals surface area contributed by atoms with Crippen molar-refractivity contribution in [3.63, 3.8) is 0 Å². The fourth-order valence-electron chi connectivity index (χ4n) is 3.43. The maximum Gasteiger partial charge on any atom is 0.265 e. The maximum atomic E-state index is 12.9. The first-order chi connectivity index (χ1) is 12.9. The van der Waals surface area contributed by atoms with Gasteiger partial charge in [0.1, 0.15) is 0 Å². The van der Waals surface area contributed by atoms with Gasteiger partial charge >= 0.3 is 0 Å². The van der Waals surface area contributed by atoms with Gasteiger partial charge in [-0.1, -0.05) is 12.1 Å². The van der Waals surface area contributed by atoms with Crippen molar-refractivity contribution in [1.29, 1.82) is 0 Å². The van der Waals surface area contributed by atoms with E-state index in [9.17, 15) is 18.0 Å². The molecule has 0 aromatic heterocycles. The minimum atomic E-state index is -3.85. The largest absolute Gasteiger partial charge is 0.335 e. The van der Waals surface area contributed by atoms with Crippen LogP contribution in [0.3, 0.4) is 0 Å². The lowest BCUT2D eigenvalue weighted by Crippen LogP contribution is -3.12. The third-order valence-corrected chi connectivity index (χ3v) is 6.93. The van der Waals surface area contributed by atoms with Gasteiger partial charge in [-0.2, -0.15) is 0 Å². The van der Waals surface area contributed by atoms with E-state index in [1.807, 2.05) is 5.01 Å². The summed E-state index contributed by atoms with van der Waals surface area (Å²) in [5.74, 6) is -0.719. The molecule has 7 nitrogen and oxygen atoms in total. The topological polar surface area (TPSA) is 88.0 Å². The first kappa shape index (κ1) is 17.8. The maximum absolute atomic E-state index is 12.9. The summed E-state index contributed by atoms with van der Waals surface area (Å²) in [6.07, 6.45) is 0. The van der Waals surface area contributed by atoms with Crippen molar-refractivity contribution >= 4 is 21.5 Å². The van der Waals surface area contributed by atoms with Gasteiger partial charge in [-0.05, 0) is 30.3 Å². The van der Waals surface area contributed by atoms with Crippen LogP contribution in [0.1, 0.15) is 26.3 Å². The molecule has 2 N–H and O–H groups in total. The molecule has 0 saturated carbocycles. The van der Waals surface area contributed by atoms with Gasteiger partial charge in [0.15, 0.2) is 5.78 Å². The molecule has 8 heteroatoms. The quantitative estimate of drug-likeness (QED) is 0.622. The van der Waals surface area contributed by atoms with Crippen LogP contribution >= 0.6 is 0 Å². The van der Waals surface area contributed by atoms with Gasteiger partial charge in [0, 0.05) is 16.7 Å². The van der Waals surface area contributed by atoms with Crippen LogP contribution in [0.4, 0.5) is 0 Å². The Bertz CT molecular complexity index is 1040. The first-order valence-electron chi connectivity index (χ1n) is 8.78. The molecule has 4 rings (SSSR count). The number of hydrazine groups is 1. The predicted molar refractivity (Wildman–Crippen MR) is 97.4 cm³/mol. The zero-order chi connectivity index (χ0) is 19.2. The van der Waals surface area contributed by atoms with Crippen LogP contribution in [0.15, 0.2) is 52.3 Å². The van der Waals surface area contributed by atoms with Gasteiger partial charge in [0.05, 0.1) is 43.0 Å². The standard InChI is InChI=1S/C19H19N3O4S/c1-21-8-10-22(11-9-21)20-19(24)13-6-7-15-17(12-13)27(25,26)16-5-3-2-4-14(16)18(15)23/h2-7,12H,8-11H2,1H3,(H,20,24)/p+1. The second kappa shape index (κ2) is 6.56. The lowest BCUT2D eigenvalue weighted by Gasteiger charge is -2.30. The molecule has 2 aliphatic heterocycles. The number of nitrogens with one attached hydrogen (secondary N) is 2. The van der Waals surface area contributed by atoms with Gasteiger partial charge in [0.2, 0.25) is 9.84 Å². The van der Waals surface area contributed by atoms with E-state index in [0.717, 1.165) is 26.2 Å². The SMILES string of the molecule is C[NH+]1CCN(NC(=O)c2ccc3c(c2)S(=O)(=O)c2ccccc2C3=O)CC1. The highest BCUT2D eigenvalue weighted by Gasteiger charge is 2.35. The Kier molecular flexibility index (Phi) is 4.33. The van der Waals surface area contributed by atoms with Crippen molar-refractivity contribution in [3.8, 4) is 0 Å². The molecule has 27 heavy (non-hydrogen) atoms. The Balaban J connectivity index is 1.66. The smallest absolute Gasteiger partial charge is 0.265 e. The number of hydrogen-bond donors (Lipinski definition) is 2. The van der Waals surface area contributed by atoms with Gasteiger partial charge in [0.25, 0.3) is 5.91 Å². The van der Waals surface area contributed by atoms with Gasteiger partial charge in [-0.25, -0.2) is 13.4 Å². The number of piperazine rings is 1. The summed E-state index contributed by atoms with van der Waals surface area (Å²) < 4.78 is 25.9. The number of quaternary nitrogens is 1. The summed E-state index contributed by atoms with van der Waals surface area (Å²) in [5, 5.41) is 1.84. The molecule has 0 aliphatic carbocycles. The van der Waals surface area contributed by atoms with E-state index in [2.05, 4.69) is 12.5 Å². The fraction of sp³-hybridized carbons (Fsp3) is 0.263. The summed E-state index contributed by atoms with van der Waals surface area (Å²) in [7, 11) is -1.75. The summed E-state index contributed by atoms with van der Waals surface area (Å²) in [6, 6.07) is 10.4. The van der Waals surface area contributed by atoms with Gasteiger partial charge < -0.3 is 4.90 Å². The molecule has 2 heterocycles. The van der Waals surface area contributed by atoms with Crippen molar-refractivity contribution in [2.24, 2.45) is 0 Å². The monoisotopic (exact) mass is 386 g/mol. The van der Waals surface area contributed by atoms with E-state index < -0.39 is 9.84 Å². The molecular formula is C19H20N3O4S+. The molecule has 1 amide bonds. The first-order valence-corrected chi connectivity index (χ1v) is 10.3. The predicted octanol–water partition coefficient (Wildman–Crippen LogP) is -0.461. The third kappa shape index (κ3) is 3.05. The second-order valence-corrected chi connectivity index (χ2v) is 8.81. The van der Waals surface area contributed by atoms with E-state index in [1.54, 1.807) is 12.1 Å². The number of sulfone groups is 1. The number of likely N-dealkylation sites (N-methyl/N-ethyl adjacent to an activating group) is 1. The summed E-state index contributed by atoms with van der Waals surface area (Å²) in [4.78, 5) is 26.5. The molecule has 140 valence electrons. The molecular weight excluding hydrogens is 366 g/mol. The van der Waals surface area contributed by atoms with Crippen molar-refractivity contribution in [3.05, 3.63) is 59.2 Å². The van der Waals surface area contributed by atoms with Crippen LogP contribution in [-0.4, -0.2) is 58.3 Å². The van der Waals surface area contributed by atoms with Crippen molar-refractivity contribution < 1.29 is 22.9 Å². The average Bonchev–Trinajstić information content (AvgIpc) is 2.68. The lowest BCUT2D eigenvalue weighted by atomic mass is 10.0. The third-order valence-electron chi connectivity index (χ3n) is 5.08. The van der Waals surface area contributed by atoms with Crippen LogP contribution in [0.2, 0.25) is 0 Å². The number of amides is 1. The molecule has 1 fully saturated rings. The van der Waals surface area contributed by atoms with Crippen LogP contribution in [0.25, 0.3) is 0 Å². The normalized spacial score (nSPS) is 19.2. The number of ketones is 1. The Morgan fingerprint density at radius 1 is 1.04 bits per heavy atom. The number of benzene rings is 2. The zero-order valence-corrected chi connectivity index (χ0v) is 15.7. The number of carbonyl (C=O) groups excluding carboxylic acids is 2. The molecule has 0 bridgehead atoms. The number of rotatable bonds is 2. The van der Waals surface area contributed by atoms with Crippen molar-refractivity contribution in [2.75, 3.05) is 33.2 Å². The van der Waals surface area contributed by atoms with Crippen LogP contribution in [0, 0.1) is 0 Å². The Labute approximate surface area is 157 Å². The van der Waals surface area contributed by atoms with Crippen molar-refractivity contribution in [2.45, 2.75) is 9.79 Å². The number of fused-ring (bicyclic) bond motifs is 2. The van der Waals surface area contributed by atoms with E-state index >= 15 is 0 Å². The second-order valence-electron chi connectivity index (χ2n) is 6.92. The lowest BCUT2D eigenvalue weighted by molar-refractivity contribution is -0.884. The molecule has 0 atom stereocenters. The van der Waals surface area contributed by atoms with E-state index in [0.29, 0.717) is 0 Å². The Morgan fingerprint density at radius 3 is 2.44 bits per heavy atom. The molecule has 2 aromatic rings. The molecule has 2 aliphatic rings. The molecule has 0 spiro atoms. The average molecular weight is 386 g/mol. The molecule has 1 saturated heterocycles. The Morgan fingerprint density at radius 2 is 1.70 bits per heavy atom. The van der Waals surface area contributed by atoms with Crippen LogP contribution in [0.5, 0.6) is 0 Å². The molecule has 2 aromatic carbocycles. The molecule has 0 radical (unpaired) electrons. The minimum Gasteiger partial charge on any atom is -0.335 e. The number of hydrogen-bond acceptors (Lipinski definition) is 5. The summed E-state index contributed by atoms with van der Waals surface area (Å²) in [6.45, 7) is 3.30. The highest BCUT2D eigenvalue weighted by atomic mass is 32.2. The zero-order valence-electron chi connectivity index (χ0n) is 14.9. The minimum absolute atomic E-state index is 0.0119. The highest BCUT2D eigenvalue weighted by molar-refractivity contribution is 7.91. The van der Waals surface area contributed by atoms with Crippen LogP contribution < -0.4 is 10.3 Å². The fourth-order valence-corrected chi connectivity index (χ4v) is 5.11. The van der Waals surface area contributed by atoms with Gasteiger partial charge in [-0.3, -0.25) is 15.0 Å². The number of carbonyl (C=O) groups is 2. The number of nitrogens with zero attached hydrogens (tertiary/aromatic N) is 1. The van der Waals surface area contributed by atoms with Crippen LogP contribution in [-0.2, 0) is 9.84 Å². The summed E-state index contributed by atoms with van der Waals surface area (Å²) in [5.41, 5.74) is 3.31. The van der Waals surface area contributed by atoms with Crippen molar-refractivity contribution in [1.82, 2.24) is 10.4 Å². The molecule has 0 unspecified atom stereocenters. The van der Waals surface area contributed by atoms with Gasteiger partial charge in [-0.15, -0.1) is 0 Å². The summed E-state index contributed by atoms with van der Waals surface area (Å²) >= 11 is 0. The highest BCUT2D eigenvalue weighted by Crippen LogP contribution is 2.34. The van der Waals surface area contributed by atoms with E-state index in [4.69, 9.17) is 0 Å². The van der Waals surface area contributed by atoms with E-state index in [1.165, 1.54) is 35.2 Å². The Hall–Kier alpha value is -2.55.